The third-order valence-corrected chi connectivity index (χ3v) is 2.86. The van der Waals surface area contributed by atoms with Gasteiger partial charge in [0.2, 0.25) is 5.91 Å². The lowest BCUT2D eigenvalue weighted by atomic mass is 10.1. The average Bonchev–Trinajstić information content (AvgIpc) is 2.63. The van der Waals surface area contributed by atoms with Gasteiger partial charge in [0.05, 0.1) is 6.42 Å². The van der Waals surface area contributed by atoms with Crippen LogP contribution >= 0.6 is 12.4 Å². The first kappa shape index (κ1) is 14.9. The Balaban J connectivity index is 0.00000162. The quantitative estimate of drug-likeness (QED) is 0.890. The lowest BCUT2D eigenvalue weighted by Crippen LogP contribution is -2.32. The van der Waals surface area contributed by atoms with Gasteiger partial charge in [0.25, 0.3) is 0 Å². The molecule has 1 atom stereocenters. The Hall–Kier alpha value is -1.20. The second kappa shape index (κ2) is 6.11. The number of carbonyl (C=O) groups excluding carboxylic acids is 1. The zero-order valence-corrected chi connectivity index (χ0v) is 10.6. The van der Waals surface area contributed by atoms with Gasteiger partial charge in [-0.15, -0.1) is 12.4 Å². The number of likely N-dealkylation sites (tertiary alicyclic amines) is 1. The molecule has 0 spiro atoms. The van der Waals surface area contributed by atoms with Crippen LogP contribution in [-0.2, 0) is 11.2 Å². The van der Waals surface area contributed by atoms with Gasteiger partial charge in [0.1, 0.15) is 11.6 Å². The Morgan fingerprint density at radius 1 is 1.33 bits per heavy atom. The van der Waals surface area contributed by atoms with E-state index in [1.54, 1.807) is 4.90 Å². The van der Waals surface area contributed by atoms with E-state index in [1.807, 2.05) is 0 Å². The number of amides is 1. The van der Waals surface area contributed by atoms with Crippen LogP contribution in [0.25, 0.3) is 0 Å². The Kier molecular flexibility index (Phi) is 5.04. The predicted molar refractivity (Wildman–Crippen MR) is 66.5 cm³/mol. The zero-order chi connectivity index (χ0) is 12.4. The van der Waals surface area contributed by atoms with Crippen LogP contribution in [0.5, 0.6) is 0 Å². The van der Waals surface area contributed by atoms with Crippen molar-refractivity contribution in [2.45, 2.75) is 18.9 Å². The monoisotopic (exact) mass is 276 g/mol. The molecule has 1 aliphatic rings. The maximum absolute atomic E-state index is 12.9. The summed E-state index contributed by atoms with van der Waals surface area (Å²) < 4.78 is 25.9. The highest BCUT2D eigenvalue weighted by atomic mass is 35.5. The molecule has 1 heterocycles. The molecular formula is C12H15ClF2N2O. The van der Waals surface area contributed by atoms with E-state index in [1.165, 1.54) is 12.1 Å². The van der Waals surface area contributed by atoms with E-state index in [4.69, 9.17) is 5.73 Å². The largest absolute Gasteiger partial charge is 0.341 e. The molecule has 1 fully saturated rings. The number of hydrogen-bond acceptors (Lipinski definition) is 2. The fourth-order valence-electron chi connectivity index (χ4n) is 2.01. The molecule has 0 unspecified atom stereocenters. The molecule has 6 heteroatoms. The van der Waals surface area contributed by atoms with Gasteiger partial charge in [0.15, 0.2) is 0 Å². The fraction of sp³-hybridized carbons (Fsp3) is 0.417. The van der Waals surface area contributed by atoms with E-state index >= 15 is 0 Å². The number of carbonyl (C=O) groups is 1. The summed E-state index contributed by atoms with van der Waals surface area (Å²) in [6.45, 7) is 1.15. The van der Waals surface area contributed by atoms with Gasteiger partial charge in [-0.1, -0.05) is 0 Å². The molecule has 1 aromatic rings. The topological polar surface area (TPSA) is 46.3 Å². The molecule has 2 N–H and O–H groups in total. The summed E-state index contributed by atoms with van der Waals surface area (Å²) >= 11 is 0. The second-order valence-electron chi connectivity index (χ2n) is 4.34. The number of nitrogens with zero attached hydrogens (tertiary/aromatic N) is 1. The number of rotatable bonds is 2. The molecule has 3 nitrogen and oxygen atoms in total. The molecule has 18 heavy (non-hydrogen) atoms. The van der Waals surface area contributed by atoms with Crippen molar-refractivity contribution in [1.82, 2.24) is 4.90 Å². The van der Waals surface area contributed by atoms with Crippen molar-refractivity contribution in [3.63, 3.8) is 0 Å². The maximum atomic E-state index is 12.9. The predicted octanol–water partition coefficient (Wildman–Crippen LogP) is 1.49. The van der Waals surface area contributed by atoms with E-state index in [0.717, 1.165) is 12.5 Å². The molecule has 0 radical (unpaired) electrons. The minimum absolute atomic E-state index is 0. The Labute approximate surface area is 110 Å². The summed E-state index contributed by atoms with van der Waals surface area (Å²) in [5.41, 5.74) is 6.05. The Morgan fingerprint density at radius 2 is 1.94 bits per heavy atom. The number of nitrogens with two attached hydrogens (primary N) is 1. The van der Waals surface area contributed by atoms with E-state index in [2.05, 4.69) is 0 Å². The minimum atomic E-state index is -0.661. The molecule has 1 saturated heterocycles. The van der Waals surface area contributed by atoms with E-state index in [-0.39, 0.29) is 30.8 Å². The Morgan fingerprint density at radius 3 is 2.44 bits per heavy atom. The smallest absolute Gasteiger partial charge is 0.227 e. The van der Waals surface area contributed by atoms with Crippen molar-refractivity contribution in [1.29, 1.82) is 0 Å². The molecule has 1 aliphatic heterocycles. The molecule has 1 amide bonds. The van der Waals surface area contributed by atoms with Crippen LogP contribution in [0.4, 0.5) is 8.78 Å². The first-order valence-corrected chi connectivity index (χ1v) is 5.53. The van der Waals surface area contributed by atoms with Crippen LogP contribution in [0.15, 0.2) is 18.2 Å². The van der Waals surface area contributed by atoms with E-state index < -0.39 is 11.6 Å². The standard InChI is InChI=1S/C12H14F2N2O.ClH/c13-9-3-8(4-10(14)6-9)5-12(17)16-2-1-11(15)7-16;/h3-4,6,11H,1-2,5,7,15H2;1H/t11-;/m1./s1. The molecule has 1 aromatic carbocycles. The number of halogens is 3. The summed E-state index contributed by atoms with van der Waals surface area (Å²) in [4.78, 5) is 13.4. The van der Waals surface area contributed by atoms with Gasteiger partial charge < -0.3 is 10.6 Å². The molecule has 100 valence electrons. The van der Waals surface area contributed by atoms with Crippen molar-refractivity contribution in [3.8, 4) is 0 Å². The lowest BCUT2D eigenvalue weighted by molar-refractivity contribution is -0.129. The molecular weight excluding hydrogens is 262 g/mol. The van der Waals surface area contributed by atoms with Crippen LogP contribution < -0.4 is 5.73 Å². The van der Waals surface area contributed by atoms with Crippen molar-refractivity contribution in [2.24, 2.45) is 5.73 Å². The summed E-state index contributed by atoms with van der Waals surface area (Å²) in [5.74, 6) is -1.46. The van der Waals surface area contributed by atoms with Gasteiger partial charge in [-0.05, 0) is 24.1 Å². The first-order valence-electron chi connectivity index (χ1n) is 5.53. The van der Waals surface area contributed by atoms with Crippen molar-refractivity contribution in [2.75, 3.05) is 13.1 Å². The summed E-state index contributed by atoms with van der Waals surface area (Å²) in [5, 5.41) is 0. The van der Waals surface area contributed by atoms with Crippen molar-refractivity contribution >= 4 is 18.3 Å². The normalized spacial score (nSPS) is 18.6. The minimum Gasteiger partial charge on any atom is -0.341 e. The highest BCUT2D eigenvalue weighted by molar-refractivity contribution is 5.85. The molecule has 0 aromatic heterocycles. The molecule has 0 saturated carbocycles. The summed E-state index contributed by atoms with van der Waals surface area (Å²) in [6, 6.07) is 3.16. The number of hydrogen-bond donors (Lipinski definition) is 1. The van der Waals surface area contributed by atoms with E-state index in [0.29, 0.717) is 18.7 Å². The third-order valence-electron chi connectivity index (χ3n) is 2.86. The van der Waals surface area contributed by atoms with Crippen LogP contribution in [0.3, 0.4) is 0 Å². The average molecular weight is 277 g/mol. The fourth-order valence-corrected chi connectivity index (χ4v) is 2.01. The first-order chi connectivity index (χ1) is 8.04. The molecule has 2 rings (SSSR count). The molecule has 0 bridgehead atoms. The maximum Gasteiger partial charge on any atom is 0.227 e. The van der Waals surface area contributed by atoms with Gasteiger partial charge in [0, 0.05) is 25.2 Å². The third kappa shape index (κ3) is 3.65. The summed E-state index contributed by atoms with van der Waals surface area (Å²) in [7, 11) is 0. The van der Waals surface area contributed by atoms with Gasteiger partial charge in [-0.25, -0.2) is 8.78 Å². The van der Waals surface area contributed by atoms with E-state index in [9.17, 15) is 13.6 Å². The van der Waals surface area contributed by atoms with Crippen molar-refractivity contribution in [3.05, 3.63) is 35.4 Å². The van der Waals surface area contributed by atoms with Crippen molar-refractivity contribution < 1.29 is 13.6 Å². The molecule has 0 aliphatic carbocycles. The van der Waals surface area contributed by atoms with Crippen LogP contribution in [0, 0.1) is 11.6 Å². The van der Waals surface area contributed by atoms with Crippen LogP contribution in [0.1, 0.15) is 12.0 Å². The van der Waals surface area contributed by atoms with Gasteiger partial charge in [-0.2, -0.15) is 0 Å². The van der Waals surface area contributed by atoms with Gasteiger partial charge >= 0.3 is 0 Å². The second-order valence-corrected chi connectivity index (χ2v) is 4.34. The SMILES string of the molecule is Cl.N[C@@H]1CCN(C(=O)Cc2cc(F)cc(F)c2)C1. The Bertz CT molecular complexity index is 422. The zero-order valence-electron chi connectivity index (χ0n) is 9.73. The highest BCUT2D eigenvalue weighted by Crippen LogP contribution is 2.12. The van der Waals surface area contributed by atoms with Gasteiger partial charge in [-0.3, -0.25) is 4.79 Å². The highest BCUT2D eigenvalue weighted by Gasteiger charge is 2.23. The summed E-state index contributed by atoms with van der Waals surface area (Å²) in [6.07, 6.45) is 0.796. The number of benzene rings is 1. The lowest BCUT2D eigenvalue weighted by Gasteiger charge is -2.15. The van der Waals surface area contributed by atoms with Crippen LogP contribution in [0.2, 0.25) is 0 Å². The van der Waals surface area contributed by atoms with Crippen LogP contribution in [-0.4, -0.2) is 29.9 Å².